The van der Waals surface area contributed by atoms with E-state index in [1.807, 2.05) is 30.3 Å². The van der Waals surface area contributed by atoms with E-state index in [0.29, 0.717) is 6.42 Å². The van der Waals surface area contributed by atoms with E-state index in [4.69, 9.17) is 16.3 Å². The molecule has 0 aliphatic heterocycles. The SMILES string of the molecule is O=C(NCCC#Cc1c(Cl)cccc1[N+](=O)[O-])OCc1ccccc1. The zero-order valence-corrected chi connectivity index (χ0v) is 14.0. The second-order valence-electron chi connectivity index (χ2n) is 4.93. The van der Waals surface area contributed by atoms with Crippen LogP contribution >= 0.6 is 11.6 Å². The van der Waals surface area contributed by atoms with Crippen LogP contribution in [0.1, 0.15) is 17.5 Å². The molecule has 0 fully saturated rings. The lowest BCUT2D eigenvalue weighted by atomic mass is 10.2. The normalized spacial score (nSPS) is 9.64. The van der Waals surface area contributed by atoms with Crippen molar-refractivity contribution in [3.8, 4) is 11.8 Å². The number of hydrogen-bond donors (Lipinski definition) is 1. The predicted octanol–water partition coefficient (Wildman–Crippen LogP) is 3.92. The highest BCUT2D eigenvalue weighted by Crippen LogP contribution is 2.24. The Morgan fingerprint density at radius 3 is 2.68 bits per heavy atom. The van der Waals surface area contributed by atoms with E-state index in [9.17, 15) is 14.9 Å². The number of rotatable bonds is 5. The summed E-state index contributed by atoms with van der Waals surface area (Å²) in [6.07, 6.45) is -0.239. The third kappa shape index (κ3) is 5.83. The minimum atomic E-state index is -0.547. The molecule has 0 spiro atoms. The van der Waals surface area contributed by atoms with Crippen molar-refractivity contribution in [2.45, 2.75) is 13.0 Å². The topological polar surface area (TPSA) is 81.5 Å². The second-order valence-corrected chi connectivity index (χ2v) is 5.34. The first kappa shape index (κ1) is 18.3. The Bertz CT molecular complexity index is 813. The van der Waals surface area contributed by atoms with Gasteiger partial charge in [0, 0.05) is 19.0 Å². The monoisotopic (exact) mass is 358 g/mol. The fourth-order valence-electron chi connectivity index (χ4n) is 1.94. The predicted molar refractivity (Wildman–Crippen MR) is 94.2 cm³/mol. The van der Waals surface area contributed by atoms with Crippen molar-refractivity contribution < 1.29 is 14.5 Å². The van der Waals surface area contributed by atoms with Crippen LogP contribution in [-0.4, -0.2) is 17.6 Å². The van der Waals surface area contributed by atoms with Crippen LogP contribution in [0.2, 0.25) is 5.02 Å². The van der Waals surface area contributed by atoms with Crippen LogP contribution in [0, 0.1) is 22.0 Å². The highest BCUT2D eigenvalue weighted by molar-refractivity contribution is 6.32. The van der Waals surface area contributed by atoms with Gasteiger partial charge < -0.3 is 10.1 Å². The number of hydrogen-bond acceptors (Lipinski definition) is 4. The van der Waals surface area contributed by atoms with Crippen molar-refractivity contribution in [3.05, 3.63) is 74.8 Å². The quantitative estimate of drug-likeness (QED) is 0.380. The molecule has 0 bridgehead atoms. The van der Waals surface area contributed by atoms with E-state index < -0.39 is 11.0 Å². The van der Waals surface area contributed by atoms with Crippen LogP contribution in [0.5, 0.6) is 0 Å². The van der Waals surface area contributed by atoms with Crippen LogP contribution in [0.3, 0.4) is 0 Å². The van der Waals surface area contributed by atoms with Crippen LogP contribution in [0.15, 0.2) is 48.5 Å². The molecule has 0 saturated heterocycles. The summed E-state index contributed by atoms with van der Waals surface area (Å²) in [5.41, 5.74) is 0.916. The third-order valence-corrected chi connectivity index (χ3v) is 3.45. The van der Waals surface area contributed by atoms with Gasteiger partial charge in [0.15, 0.2) is 0 Å². The average Bonchev–Trinajstić information content (AvgIpc) is 2.61. The summed E-state index contributed by atoms with van der Waals surface area (Å²) in [5.74, 6) is 5.44. The highest BCUT2D eigenvalue weighted by Gasteiger charge is 2.14. The summed E-state index contributed by atoms with van der Waals surface area (Å²) in [6, 6.07) is 13.7. The summed E-state index contributed by atoms with van der Waals surface area (Å²) in [7, 11) is 0. The molecule has 1 amide bonds. The lowest BCUT2D eigenvalue weighted by Crippen LogP contribution is -2.24. The minimum Gasteiger partial charge on any atom is -0.445 e. The molecule has 25 heavy (non-hydrogen) atoms. The van der Waals surface area contributed by atoms with Crippen LogP contribution in [0.4, 0.5) is 10.5 Å². The average molecular weight is 359 g/mol. The van der Waals surface area contributed by atoms with Gasteiger partial charge in [0.2, 0.25) is 0 Å². The lowest BCUT2D eigenvalue weighted by Gasteiger charge is -2.05. The van der Waals surface area contributed by atoms with Crippen molar-refractivity contribution in [2.75, 3.05) is 6.54 Å². The third-order valence-electron chi connectivity index (χ3n) is 3.13. The Morgan fingerprint density at radius 2 is 1.96 bits per heavy atom. The summed E-state index contributed by atoms with van der Waals surface area (Å²) in [4.78, 5) is 22.0. The van der Waals surface area contributed by atoms with E-state index in [1.165, 1.54) is 18.2 Å². The van der Waals surface area contributed by atoms with Crippen molar-refractivity contribution in [1.29, 1.82) is 0 Å². The Kier molecular flexibility index (Phi) is 6.81. The first-order chi connectivity index (χ1) is 12.1. The fraction of sp³-hybridized carbons (Fsp3) is 0.167. The number of nitro groups is 1. The van der Waals surface area contributed by atoms with Gasteiger partial charge in [0.1, 0.15) is 12.2 Å². The zero-order valence-electron chi connectivity index (χ0n) is 13.2. The molecular formula is C18H15ClN2O4. The van der Waals surface area contributed by atoms with Gasteiger partial charge in [-0.3, -0.25) is 10.1 Å². The molecule has 2 aromatic rings. The molecule has 0 unspecified atom stereocenters. The fourth-order valence-corrected chi connectivity index (χ4v) is 2.16. The smallest absolute Gasteiger partial charge is 0.407 e. The first-order valence-electron chi connectivity index (χ1n) is 7.44. The van der Waals surface area contributed by atoms with Gasteiger partial charge in [-0.05, 0) is 11.6 Å². The number of halogens is 1. The van der Waals surface area contributed by atoms with Crippen LogP contribution < -0.4 is 5.32 Å². The minimum absolute atomic E-state index is 0.143. The lowest BCUT2D eigenvalue weighted by molar-refractivity contribution is -0.385. The molecule has 0 aromatic heterocycles. The van der Waals surface area contributed by atoms with Crippen LogP contribution in [0.25, 0.3) is 0 Å². The number of nitro benzene ring substituents is 1. The Hall–Kier alpha value is -3.04. The standard InChI is InChI=1S/C18H15ClN2O4/c19-16-10-6-11-17(21(23)24)15(16)9-4-5-12-20-18(22)25-13-14-7-2-1-3-8-14/h1-3,6-8,10-11H,5,12-13H2,(H,20,22). The second kappa shape index (κ2) is 9.30. The maximum Gasteiger partial charge on any atom is 0.407 e. The molecule has 2 aromatic carbocycles. The number of alkyl carbamates (subject to hydrolysis) is 1. The summed E-state index contributed by atoms with van der Waals surface area (Å²) >= 11 is 5.94. The maximum atomic E-state index is 11.6. The number of carbonyl (C=O) groups is 1. The molecular weight excluding hydrogens is 344 g/mol. The first-order valence-corrected chi connectivity index (χ1v) is 7.82. The van der Waals surface area contributed by atoms with Crippen molar-refractivity contribution in [2.24, 2.45) is 0 Å². The molecule has 0 saturated carbocycles. The number of ether oxygens (including phenoxy) is 1. The molecule has 0 radical (unpaired) electrons. The van der Waals surface area contributed by atoms with E-state index in [0.717, 1.165) is 5.56 Å². The maximum absolute atomic E-state index is 11.6. The largest absolute Gasteiger partial charge is 0.445 e. The Balaban J connectivity index is 1.79. The van der Waals surface area contributed by atoms with Gasteiger partial charge in [0.05, 0.1) is 9.95 Å². The molecule has 128 valence electrons. The van der Waals surface area contributed by atoms with Crippen molar-refractivity contribution >= 4 is 23.4 Å². The number of carbonyl (C=O) groups excluding carboxylic acids is 1. The zero-order chi connectivity index (χ0) is 18.1. The number of nitrogens with zero attached hydrogens (tertiary/aromatic N) is 1. The van der Waals surface area contributed by atoms with E-state index in [2.05, 4.69) is 17.2 Å². The van der Waals surface area contributed by atoms with E-state index in [-0.39, 0.29) is 29.4 Å². The molecule has 0 aliphatic rings. The summed E-state index contributed by atoms with van der Waals surface area (Å²) in [6.45, 7) is 0.447. The molecule has 1 N–H and O–H groups in total. The van der Waals surface area contributed by atoms with Gasteiger partial charge in [0.25, 0.3) is 5.69 Å². The molecule has 0 heterocycles. The van der Waals surface area contributed by atoms with Gasteiger partial charge in [-0.1, -0.05) is 59.8 Å². The van der Waals surface area contributed by atoms with Gasteiger partial charge >= 0.3 is 6.09 Å². The van der Waals surface area contributed by atoms with Crippen LogP contribution in [-0.2, 0) is 11.3 Å². The number of amides is 1. The van der Waals surface area contributed by atoms with Gasteiger partial charge in [-0.2, -0.15) is 0 Å². The van der Waals surface area contributed by atoms with Gasteiger partial charge in [-0.25, -0.2) is 4.79 Å². The summed E-state index contributed by atoms with van der Waals surface area (Å²) in [5, 5.41) is 13.7. The molecule has 6 nitrogen and oxygen atoms in total. The molecule has 2 rings (SSSR count). The number of nitrogens with one attached hydrogen (secondary N) is 1. The Labute approximate surface area is 149 Å². The number of benzene rings is 2. The van der Waals surface area contributed by atoms with Crippen molar-refractivity contribution in [3.63, 3.8) is 0 Å². The van der Waals surface area contributed by atoms with Crippen molar-refractivity contribution in [1.82, 2.24) is 5.32 Å². The van der Waals surface area contributed by atoms with E-state index in [1.54, 1.807) is 0 Å². The molecule has 0 atom stereocenters. The van der Waals surface area contributed by atoms with Gasteiger partial charge in [-0.15, -0.1) is 0 Å². The molecule has 7 heteroatoms. The molecule has 0 aliphatic carbocycles. The summed E-state index contributed by atoms with van der Waals surface area (Å²) < 4.78 is 5.05. The highest BCUT2D eigenvalue weighted by atomic mass is 35.5. The van der Waals surface area contributed by atoms with E-state index >= 15 is 0 Å². The Morgan fingerprint density at radius 1 is 1.20 bits per heavy atom.